The third kappa shape index (κ3) is 4.73. The van der Waals surface area contributed by atoms with Crippen molar-refractivity contribution in [1.82, 2.24) is 4.98 Å². The van der Waals surface area contributed by atoms with E-state index in [9.17, 15) is 4.79 Å². The van der Waals surface area contributed by atoms with Crippen LogP contribution in [0.15, 0.2) is 34.0 Å². The summed E-state index contributed by atoms with van der Waals surface area (Å²) < 4.78 is 0.872. The first-order valence-electron chi connectivity index (χ1n) is 6.58. The zero-order chi connectivity index (χ0) is 15.9. The van der Waals surface area contributed by atoms with Gasteiger partial charge in [0.25, 0.3) is 0 Å². The molecule has 1 amide bonds. The van der Waals surface area contributed by atoms with Crippen LogP contribution in [-0.4, -0.2) is 23.2 Å². The van der Waals surface area contributed by atoms with Gasteiger partial charge in [-0.05, 0) is 25.1 Å². The van der Waals surface area contributed by atoms with E-state index in [-0.39, 0.29) is 18.1 Å². The summed E-state index contributed by atoms with van der Waals surface area (Å²) >= 11 is 8.92. The van der Waals surface area contributed by atoms with Gasteiger partial charge in [0.15, 0.2) is 4.34 Å². The molecule has 0 N–H and O–H groups in total. The summed E-state index contributed by atoms with van der Waals surface area (Å²) in [7, 11) is 0. The van der Waals surface area contributed by atoms with Crippen molar-refractivity contribution in [2.24, 2.45) is 0 Å². The van der Waals surface area contributed by atoms with Crippen molar-refractivity contribution in [1.29, 1.82) is 5.26 Å². The highest BCUT2D eigenvalue weighted by Crippen LogP contribution is 2.25. The minimum absolute atomic E-state index is 0.0598. The summed E-state index contributed by atoms with van der Waals surface area (Å²) in [6.45, 7) is 2.28. The van der Waals surface area contributed by atoms with Crippen molar-refractivity contribution in [3.05, 3.63) is 40.4 Å². The first-order chi connectivity index (χ1) is 10.6. The standard InChI is InChI=1S/C15H14ClN3OS2/c1-11-9-21-15(18-11)22-10-14(20)19(7-3-6-17)13-5-2-4-12(16)8-13/h2,4-5,8-9H,3,7,10H2,1H3. The molecule has 0 unspecified atom stereocenters. The lowest BCUT2D eigenvalue weighted by atomic mass is 10.2. The van der Waals surface area contributed by atoms with Crippen LogP contribution in [0.5, 0.6) is 0 Å². The van der Waals surface area contributed by atoms with Crippen LogP contribution in [0, 0.1) is 18.3 Å². The molecular formula is C15H14ClN3OS2. The number of amides is 1. The Kier molecular flexibility index (Phi) is 6.25. The lowest BCUT2D eigenvalue weighted by Gasteiger charge is -2.21. The summed E-state index contributed by atoms with van der Waals surface area (Å²) in [5, 5.41) is 11.3. The number of aryl methyl sites for hydroxylation is 1. The van der Waals surface area contributed by atoms with Crippen molar-refractivity contribution in [3.8, 4) is 6.07 Å². The lowest BCUT2D eigenvalue weighted by Crippen LogP contribution is -2.33. The molecule has 7 heteroatoms. The Labute approximate surface area is 142 Å². The van der Waals surface area contributed by atoms with Gasteiger partial charge in [-0.2, -0.15) is 5.26 Å². The van der Waals surface area contributed by atoms with Crippen molar-refractivity contribution < 1.29 is 4.79 Å². The average Bonchev–Trinajstić information content (AvgIpc) is 2.91. The van der Waals surface area contributed by atoms with E-state index in [0.29, 0.717) is 17.3 Å². The van der Waals surface area contributed by atoms with Gasteiger partial charge in [-0.15, -0.1) is 11.3 Å². The van der Waals surface area contributed by atoms with Crippen molar-refractivity contribution >= 4 is 46.3 Å². The van der Waals surface area contributed by atoms with E-state index in [1.165, 1.54) is 23.1 Å². The summed E-state index contributed by atoms with van der Waals surface area (Å²) in [5.74, 6) is 0.223. The van der Waals surface area contributed by atoms with Gasteiger partial charge in [0.2, 0.25) is 5.91 Å². The smallest absolute Gasteiger partial charge is 0.237 e. The van der Waals surface area contributed by atoms with Gasteiger partial charge in [0, 0.05) is 28.3 Å². The van der Waals surface area contributed by atoms with Crippen LogP contribution in [0.1, 0.15) is 12.1 Å². The van der Waals surface area contributed by atoms with Gasteiger partial charge < -0.3 is 4.90 Å². The van der Waals surface area contributed by atoms with Crippen LogP contribution in [0.2, 0.25) is 5.02 Å². The molecule has 0 atom stereocenters. The molecule has 114 valence electrons. The maximum atomic E-state index is 12.5. The third-order valence-electron chi connectivity index (χ3n) is 2.79. The predicted octanol–water partition coefficient (Wildman–Crippen LogP) is 4.14. The molecule has 0 bridgehead atoms. The van der Waals surface area contributed by atoms with Crippen LogP contribution in [0.4, 0.5) is 5.69 Å². The predicted molar refractivity (Wildman–Crippen MR) is 91.6 cm³/mol. The number of thiazole rings is 1. The molecule has 1 aromatic carbocycles. The minimum atomic E-state index is -0.0598. The number of benzene rings is 1. The fourth-order valence-electron chi connectivity index (χ4n) is 1.80. The molecule has 0 fully saturated rings. The van der Waals surface area contributed by atoms with E-state index in [4.69, 9.17) is 16.9 Å². The zero-order valence-electron chi connectivity index (χ0n) is 12.0. The van der Waals surface area contributed by atoms with E-state index < -0.39 is 0 Å². The van der Waals surface area contributed by atoms with Crippen molar-refractivity contribution in [3.63, 3.8) is 0 Å². The largest absolute Gasteiger partial charge is 0.311 e. The Morgan fingerprint density at radius 2 is 2.36 bits per heavy atom. The van der Waals surface area contributed by atoms with Crippen LogP contribution in [0.25, 0.3) is 0 Å². The van der Waals surface area contributed by atoms with Crippen molar-refractivity contribution in [2.45, 2.75) is 17.7 Å². The highest BCUT2D eigenvalue weighted by Gasteiger charge is 2.16. The quantitative estimate of drug-likeness (QED) is 0.734. The minimum Gasteiger partial charge on any atom is -0.311 e. The maximum absolute atomic E-state index is 12.5. The summed E-state index contributed by atoms with van der Waals surface area (Å²) in [6.07, 6.45) is 0.277. The molecule has 22 heavy (non-hydrogen) atoms. The van der Waals surface area contributed by atoms with Gasteiger partial charge in [-0.25, -0.2) is 4.98 Å². The van der Waals surface area contributed by atoms with Gasteiger partial charge in [-0.1, -0.05) is 29.4 Å². The molecule has 2 rings (SSSR count). The van der Waals surface area contributed by atoms with E-state index in [1.807, 2.05) is 18.4 Å². The van der Waals surface area contributed by atoms with Gasteiger partial charge in [-0.3, -0.25) is 4.79 Å². The molecular weight excluding hydrogens is 338 g/mol. The van der Waals surface area contributed by atoms with E-state index >= 15 is 0 Å². The van der Waals surface area contributed by atoms with Gasteiger partial charge >= 0.3 is 0 Å². The number of hydrogen-bond donors (Lipinski definition) is 0. The molecule has 0 aliphatic heterocycles. The van der Waals surface area contributed by atoms with Crippen LogP contribution >= 0.6 is 34.7 Å². The first-order valence-corrected chi connectivity index (χ1v) is 8.82. The maximum Gasteiger partial charge on any atom is 0.237 e. The second-order valence-electron chi connectivity index (χ2n) is 4.48. The van der Waals surface area contributed by atoms with Crippen LogP contribution < -0.4 is 4.90 Å². The molecule has 0 saturated carbocycles. The first kappa shape index (κ1) is 16.8. The molecule has 0 aliphatic carbocycles. The number of rotatable bonds is 6. The number of nitriles is 1. The SMILES string of the molecule is Cc1csc(SCC(=O)N(CCC#N)c2cccc(Cl)c2)n1. The van der Waals surface area contributed by atoms with Gasteiger partial charge in [0.1, 0.15) is 0 Å². The summed E-state index contributed by atoms with van der Waals surface area (Å²) in [5.41, 5.74) is 1.67. The number of carbonyl (C=O) groups excluding carboxylic acids is 1. The number of aromatic nitrogens is 1. The molecule has 0 saturated heterocycles. The Bertz CT molecular complexity index is 696. The Morgan fingerprint density at radius 1 is 1.55 bits per heavy atom. The normalized spacial score (nSPS) is 10.2. The Balaban J connectivity index is 2.07. The van der Waals surface area contributed by atoms with Crippen LogP contribution in [-0.2, 0) is 4.79 Å². The number of nitrogens with zero attached hydrogens (tertiary/aromatic N) is 3. The second-order valence-corrected chi connectivity index (χ2v) is 6.99. The number of thioether (sulfide) groups is 1. The fraction of sp³-hybridized carbons (Fsp3) is 0.267. The fourth-order valence-corrected chi connectivity index (χ4v) is 3.71. The number of halogens is 1. The molecule has 1 heterocycles. The number of carbonyl (C=O) groups is 1. The zero-order valence-corrected chi connectivity index (χ0v) is 14.3. The van der Waals surface area contributed by atoms with Gasteiger partial charge in [0.05, 0.1) is 18.2 Å². The van der Waals surface area contributed by atoms with E-state index in [2.05, 4.69) is 11.1 Å². The molecule has 1 aromatic heterocycles. The summed E-state index contributed by atoms with van der Waals surface area (Å²) in [6, 6.07) is 9.17. The molecule has 2 aromatic rings. The lowest BCUT2D eigenvalue weighted by molar-refractivity contribution is -0.116. The second kappa shape index (κ2) is 8.18. The highest BCUT2D eigenvalue weighted by molar-refractivity contribution is 8.01. The topological polar surface area (TPSA) is 57.0 Å². The molecule has 0 radical (unpaired) electrons. The molecule has 4 nitrogen and oxygen atoms in total. The van der Waals surface area contributed by atoms with E-state index in [1.54, 1.807) is 23.1 Å². The van der Waals surface area contributed by atoms with Crippen molar-refractivity contribution in [2.75, 3.05) is 17.2 Å². The molecule has 0 spiro atoms. The Hall–Kier alpha value is -1.55. The number of anilines is 1. The monoisotopic (exact) mass is 351 g/mol. The average molecular weight is 352 g/mol. The third-order valence-corrected chi connectivity index (χ3v) is 5.14. The molecule has 0 aliphatic rings. The van der Waals surface area contributed by atoms with E-state index in [0.717, 1.165) is 10.0 Å². The number of hydrogen-bond acceptors (Lipinski definition) is 5. The van der Waals surface area contributed by atoms with Crippen LogP contribution in [0.3, 0.4) is 0 Å². The summed E-state index contributed by atoms with van der Waals surface area (Å²) in [4.78, 5) is 18.4. The highest BCUT2D eigenvalue weighted by atomic mass is 35.5. The Morgan fingerprint density at radius 3 is 3.00 bits per heavy atom.